The van der Waals surface area contributed by atoms with E-state index in [2.05, 4.69) is 4.74 Å². The molecular formula is C26H22F3NO6. The van der Waals surface area contributed by atoms with Gasteiger partial charge in [0.15, 0.2) is 0 Å². The number of rotatable bonds is 6. The maximum Gasteiger partial charge on any atom is 0.573 e. The lowest BCUT2D eigenvalue weighted by Crippen LogP contribution is -2.29. The number of ether oxygens (including phenoxy) is 2. The van der Waals surface area contributed by atoms with Gasteiger partial charge in [0, 0.05) is 17.3 Å². The Morgan fingerprint density at radius 1 is 1.08 bits per heavy atom. The van der Waals surface area contributed by atoms with Crippen molar-refractivity contribution in [2.75, 3.05) is 11.5 Å². The van der Waals surface area contributed by atoms with Gasteiger partial charge in [0.25, 0.3) is 11.7 Å². The Bertz CT molecular complexity index is 1360. The average molecular weight is 501 g/mol. The highest BCUT2D eigenvalue weighted by Gasteiger charge is 2.48. The first kappa shape index (κ1) is 24.9. The van der Waals surface area contributed by atoms with Gasteiger partial charge in [0.1, 0.15) is 34.8 Å². The summed E-state index contributed by atoms with van der Waals surface area (Å²) in [5.74, 6) is -1.86. The van der Waals surface area contributed by atoms with Crippen molar-refractivity contribution in [2.45, 2.75) is 33.2 Å². The number of aliphatic hydroxyl groups is 1. The third-order valence-corrected chi connectivity index (χ3v) is 5.55. The number of carbonyl (C=O) groups is 2. The van der Waals surface area contributed by atoms with E-state index < -0.39 is 35.6 Å². The monoisotopic (exact) mass is 501 g/mol. The van der Waals surface area contributed by atoms with Crippen LogP contribution in [0.15, 0.2) is 64.6 Å². The van der Waals surface area contributed by atoms with Gasteiger partial charge in [-0.15, -0.1) is 13.2 Å². The lowest BCUT2D eigenvalue weighted by Gasteiger charge is -2.24. The zero-order valence-electron chi connectivity index (χ0n) is 19.6. The summed E-state index contributed by atoms with van der Waals surface area (Å²) in [7, 11) is 0. The number of carbonyl (C=O) groups excluding carboxylic acids is 2. The van der Waals surface area contributed by atoms with E-state index in [0.717, 1.165) is 17.0 Å². The minimum absolute atomic E-state index is 0.0418. The Morgan fingerprint density at radius 2 is 1.83 bits per heavy atom. The van der Waals surface area contributed by atoms with Gasteiger partial charge >= 0.3 is 6.36 Å². The van der Waals surface area contributed by atoms with Gasteiger partial charge in [-0.25, -0.2) is 0 Å². The number of nitrogens with zero attached hydrogens (tertiary/aromatic N) is 1. The molecule has 1 aromatic heterocycles. The van der Waals surface area contributed by atoms with Crippen LogP contribution in [0, 0.1) is 13.8 Å². The van der Waals surface area contributed by atoms with Crippen LogP contribution in [0.2, 0.25) is 0 Å². The van der Waals surface area contributed by atoms with E-state index in [0.29, 0.717) is 23.7 Å². The summed E-state index contributed by atoms with van der Waals surface area (Å²) in [6.07, 6.45) is -4.95. The van der Waals surface area contributed by atoms with Crippen molar-refractivity contribution in [3.8, 4) is 11.5 Å². The number of benzene rings is 2. The topological polar surface area (TPSA) is 89.2 Å². The highest BCUT2D eigenvalue weighted by Crippen LogP contribution is 2.43. The quantitative estimate of drug-likeness (QED) is 0.260. The Kier molecular flexibility index (Phi) is 6.53. The molecule has 0 bridgehead atoms. The van der Waals surface area contributed by atoms with E-state index >= 15 is 0 Å². The lowest BCUT2D eigenvalue weighted by molar-refractivity contribution is -0.274. The van der Waals surface area contributed by atoms with Gasteiger partial charge in [0.2, 0.25) is 0 Å². The van der Waals surface area contributed by atoms with Crippen LogP contribution in [0.25, 0.3) is 5.76 Å². The number of ketones is 1. The van der Waals surface area contributed by atoms with Crippen LogP contribution in [-0.4, -0.2) is 29.8 Å². The van der Waals surface area contributed by atoms with Gasteiger partial charge < -0.3 is 19.0 Å². The van der Waals surface area contributed by atoms with E-state index in [1.165, 1.54) is 18.2 Å². The number of hydrogen-bond donors (Lipinski definition) is 1. The predicted octanol–water partition coefficient (Wildman–Crippen LogP) is 5.82. The fourth-order valence-electron chi connectivity index (χ4n) is 4.07. The SMILES string of the molecule is CCOc1ccc(/C(O)=C2/C(=O)C(=O)N(c3cccc(OC(F)(F)F)c3)C2c2ccc(C)o2)cc1C. The highest BCUT2D eigenvalue weighted by molar-refractivity contribution is 6.51. The summed E-state index contributed by atoms with van der Waals surface area (Å²) in [6, 6.07) is 11.4. The molecule has 1 aliphatic heterocycles. The van der Waals surface area contributed by atoms with E-state index in [1.807, 2.05) is 6.92 Å². The fraction of sp³-hybridized carbons (Fsp3) is 0.231. The Hall–Kier alpha value is -4.21. The fourth-order valence-corrected chi connectivity index (χ4v) is 4.07. The molecule has 7 nitrogen and oxygen atoms in total. The smallest absolute Gasteiger partial charge is 0.507 e. The molecule has 1 amide bonds. The Morgan fingerprint density at radius 3 is 2.44 bits per heavy atom. The number of furan rings is 1. The van der Waals surface area contributed by atoms with Gasteiger partial charge in [0.05, 0.1) is 12.2 Å². The van der Waals surface area contributed by atoms with E-state index in [-0.39, 0.29) is 22.6 Å². The molecule has 1 fully saturated rings. The first-order valence-corrected chi connectivity index (χ1v) is 11.0. The first-order chi connectivity index (χ1) is 17.0. The molecule has 1 N–H and O–H groups in total. The summed E-state index contributed by atoms with van der Waals surface area (Å²) in [5.41, 5.74) is 0.647. The maximum absolute atomic E-state index is 13.2. The number of alkyl halides is 3. The van der Waals surface area contributed by atoms with Crippen molar-refractivity contribution in [3.63, 3.8) is 0 Å². The summed E-state index contributed by atoms with van der Waals surface area (Å²) in [4.78, 5) is 27.3. The number of hydrogen-bond acceptors (Lipinski definition) is 6. The van der Waals surface area contributed by atoms with Crippen molar-refractivity contribution in [2.24, 2.45) is 0 Å². The lowest BCUT2D eigenvalue weighted by atomic mass is 9.98. The summed E-state index contributed by atoms with van der Waals surface area (Å²) in [6.45, 7) is 5.68. The molecule has 1 atom stereocenters. The number of aryl methyl sites for hydroxylation is 2. The molecule has 1 aliphatic rings. The Labute approximate surface area is 204 Å². The van der Waals surface area contributed by atoms with Crippen LogP contribution in [0.4, 0.5) is 18.9 Å². The maximum atomic E-state index is 13.2. The standard InChI is InChI=1S/C26H22F3NO6/c1-4-34-19-11-9-16(12-14(19)2)23(31)21-22(20-10-8-15(3)35-20)30(25(33)24(21)32)17-6-5-7-18(13-17)36-26(27,28)29/h5-13,22,31H,4H2,1-3H3/b23-21-. The Balaban J connectivity index is 1.86. The van der Waals surface area contributed by atoms with Crippen molar-refractivity contribution < 1.29 is 41.8 Å². The molecule has 4 rings (SSSR count). The number of amides is 1. The van der Waals surface area contributed by atoms with Crippen LogP contribution in [0.1, 0.15) is 35.6 Å². The molecule has 10 heteroatoms. The molecule has 188 valence electrons. The second-order valence-electron chi connectivity index (χ2n) is 8.08. The number of aliphatic hydroxyl groups excluding tert-OH is 1. The molecule has 3 aromatic rings. The number of Topliss-reactive ketones (excluding diaryl/α,β-unsaturated/α-hetero) is 1. The van der Waals surface area contributed by atoms with Crippen molar-refractivity contribution in [1.82, 2.24) is 0 Å². The van der Waals surface area contributed by atoms with E-state index in [9.17, 15) is 27.9 Å². The average Bonchev–Trinajstić information content (AvgIpc) is 3.34. The zero-order chi connectivity index (χ0) is 26.2. The number of halogens is 3. The number of anilines is 1. The van der Waals surface area contributed by atoms with E-state index in [4.69, 9.17) is 9.15 Å². The van der Waals surface area contributed by atoms with Crippen LogP contribution in [0.3, 0.4) is 0 Å². The second-order valence-corrected chi connectivity index (χ2v) is 8.08. The molecule has 0 radical (unpaired) electrons. The largest absolute Gasteiger partial charge is 0.573 e. The van der Waals surface area contributed by atoms with Crippen LogP contribution >= 0.6 is 0 Å². The van der Waals surface area contributed by atoms with Crippen LogP contribution < -0.4 is 14.4 Å². The summed E-state index contributed by atoms with van der Waals surface area (Å²) in [5, 5.41) is 11.2. The third-order valence-electron chi connectivity index (χ3n) is 5.55. The van der Waals surface area contributed by atoms with Crippen molar-refractivity contribution in [3.05, 3.63) is 82.8 Å². The van der Waals surface area contributed by atoms with Crippen LogP contribution in [0.5, 0.6) is 11.5 Å². The first-order valence-electron chi connectivity index (χ1n) is 11.0. The van der Waals surface area contributed by atoms with E-state index in [1.54, 1.807) is 38.1 Å². The van der Waals surface area contributed by atoms with Crippen LogP contribution in [-0.2, 0) is 9.59 Å². The molecule has 1 saturated heterocycles. The zero-order valence-corrected chi connectivity index (χ0v) is 19.6. The van der Waals surface area contributed by atoms with Gasteiger partial charge in [-0.1, -0.05) is 6.07 Å². The minimum atomic E-state index is -4.95. The highest BCUT2D eigenvalue weighted by atomic mass is 19.4. The third kappa shape index (κ3) is 4.79. The molecule has 1 unspecified atom stereocenters. The molecule has 36 heavy (non-hydrogen) atoms. The molecule has 0 aliphatic carbocycles. The summed E-state index contributed by atoms with van der Waals surface area (Å²) < 4.78 is 53.5. The summed E-state index contributed by atoms with van der Waals surface area (Å²) >= 11 is 0. The molecule has 2 heterocycles. The molecule has 2 aromatic carbocycles. The van der Waals surface area contributed by atoms with Gasteiger partial charge in [-0.3, -0.25) is 14.5 Å². The minimum Gasteiger partial charge on any atom is -0.507 e. The molecular weight excluding hydrogens is 479 g/mol. The van der Waals surface area contributed by atoms with Crippen molar-refractivity contribution >= 4 is 23.1 Å². The van der Waals surface area contributed by atoms with Crippen molar-refractivity contribution in [1.29, 1.82) is 0 Å². The second kappa shape index (κ2) is 9.44. The predicted molar refractivity (Wildman–Crippen MR) is 124 cm³/mol. The molecule has 0 saturated carbocycles. The van der Waals surface area contributed by atoms with Gasteiger partial charge in [-0.05, 0) is 68.8 Å². The normalized spacial score (nSPS) is 17.5. The molecule has 0 spiro atoms. The van der Waals surface area contributed by atoms with Gasteiger partial charge in [-0.2, -0.15) is 0 Å².